The maximum Gasteiger partial charge on any atom is 0.318 e. The second kappa shape index (κ2) is 5.97. The molecule has 1 unspecified atom stereocenters. The number of hydrogen-bond acceptors (Lipinski definition) is 4. The number of methoxy groups -OCH3 is 1. The lowest BCUT2D eigenvalue weighted by Crippen LogP contribution is -2.47. The normalized spacial score (nSPS) is 18.5. The smallest absolute Gasteiger partial charge is 0.318 e. The fourth-order valence-corrected chi connectivity index (χ4v) is 1.70. The van der Waals surface area contributed by atoms with Gasteiger partial charge in [-0.25, -0.2) is 4.79 Å². The number of ether oxygens (including phenoxy) is 1. The largest absolute Gasteiger partial charge is 0.385 e. The van der Waals surface area contributed by atoms with Gasteiger partial charge >= 0.3 is 6.03 Å². The lowest BCUT2D eigenvalue weighted by molar-refractivity contribution is -0.121. The molecule has 0 aromatic heterocycles. The molecule has 1 saturated carbocycles. The molecule has 6 heteroatoms. The zero-order valence-corrected chi connectivity index (χ0v) is 10.4. The van der Waals surface area contributed by atoms with Gasteiger partial charge in [0.2, 0.25) is 5.91 Å². The summed E-state index contributed by atoms with van der Waals surface area (Å²) in [7, 11) is 1.69. The van der Waals surface area contributed by atoms with E-state index in [1.807, 2.05) is 0 Å². The van der Waals surface area contributed by atoms with Crippen LogP contribution < -0.4 is 16.4 Å². The quantitative estimate of drug-likeness (QED) is 0.585. The molecule has 0 radical (unpaired) electrons. The topological polar surface area (TPSA) is 93.4 Å². The molecule has 0 heterocycles. The van der Waals surface area contributed by atoms with Gasteiger partial charge < -0.3 is 15.8 Å². The first-order valence-corrected chi connectivity index (χ1v) is 5.82. The summed E-state index contributed by atoms with van der Waals surface area (Å²) in [5.41, 5.74) is 5.15. The molecule has 0 bridgehead atoms. The van der Waals surface area contributed by atoms with Gasteiger partial charge in [-0.1, -0.05) is 0 Å². The van der Waals surface area contributed by atoms with Crippen molar-refractivity contribution in [3.05, 3.63) is 0 Å². The summed E-state index contributed by atoms with van der Waals surface area (Å²) < 4.78 is 5.06. The maximum atomic E-state index is 11.4. The number of nitrogens with two attached hydrogens (primary N) is 1. The predicted molar refractivity (Wildman–Crippen MR) is 63.4 cm³/mol. The predicted octanol–water partition coefficient (Wildman–Crippen LogP) is -0.0239. The van der Waals surface area contributed by atoms with Crippen LogP contribution in [0.15, 0.2) is 0 Å². The Bertz CT molecular complexity index is 290. The van der Waals surface area contributed by atoms with E-state index in [0.29, 0.717) is 0 Å². The van der Waals surface area contributed by atoms with Gasteiger partial charge in [-0.05, 0) is 31.6 Å². The van der Waals surface area contributed by atoms with Crippen LogP contribution in [0.4, 0.5) is 4.79 Å². The van der Waals surface area contributed by atoms with Crippen LogP contribution in [0.2, 0.25) is 0 Å². The number of amides is 3. The lowest BCUT2D eigenvalue weighted by Gasteiger charge is -2.19. The minimum atomic E-state index is -0.816. The minimum Gasteiger partial charge on any atom is -0.385 e. The maximum absolute atomic E-state index is 11.4. The second-order valence-electron chi connectivity index (χ2n) is 4.70. The van der Waals surface area contributed by atoms with Gasteiger partial charge in [0.25, 0.3) is 0 Å². The molecule has 0 aliphatic heterocycles. The lowest BCUT2D eigenvalue weighted by atomic mass is 10.0. The molecule has 0 spiro atoms. The Morgan fingerprint density at radius 2 is 2.12 bits per heavy atom. The van der Waals surface area contributed by atoms with E-state index < -0.39 is 12.1 Å². The number of nitrogens with one attached hydrogen (secondary N) is 2. The van der Waals surface area contributed by atoms with E-state index in [-0.39, 0.29) is 11.3 Å². The first-order valence-electron chi connectivity index (χ1n) is 5.82. The van der Waals surface area contributed by atoms with E-state index in [9.17, 15) is 9.59 Å². The van der Waals surface area contributed by atoms with Gasteiger partial charge in [0.05, 0.1) is 6.04 Å². The van der Waals surface area contributed by atoms with Crippen LogP contribution in [0.3, 0.4) is 0 Å². The average molecular weight is 243 g/mol. The van der Waals surface area contributed by atoms with Crippen molar-refractivity contribution in [3.8, 4) is 0 Å². The zero-order valence-electron chi connectivity index (χ0n) is 10.4. The van der Waals surface area contributed by atoms with Gasteiger partial charge in [-0.3, -0.25) is 10.1 Å². The molecule has 1 aliphatic rings. The van der Waals surface area contributed by atoms with Crippen molar-refractivity contribution in [1.82, 2.24) is 10.6 Å². The summed E-state index contributed by atoms with van der Waals surface area (Å²) >= 11 is 0. The third-order valence-electron chi connectivity index (χ3n) is 3.22. The molecule has 1 atom stereocenters. The standard InChI is InChI=1S/C11H21N3O3/c1-8(9(15)14-10(12)16)13-7-11(3-4-11)5-6-17-2/h8,13H,3-7H2,1-2H3,(H3,12,14,15,16). The van der Waals surface area contributed by atoms with Gasteiger partial charge in [0.1, 0.15) is 0 Å². The van der Waals surface area contributed by atoms with Crippen LogP contribution in [0, 0.1) is 5.41 Å². The molecule has 6 nitrogen and oxygen atoms in total. The monoisotopic (exact) mass is 243 g/mol. The summed E-state index contributed by atoms with van der Waals surface area (Å²) in [5, 5.41) is 5.18. The summed E-state index contributed by atoms with van der Waals surface area (Å²) in [6.45, 7) is 3.22. The molecule has 1 fully saturated rings. The SMILES string of the molecule is COCCC1(CNC(C)C(=O)NC(N)=O)CC1. The molecular weight excluding hydrogens is 222 g/mol. The van der Waals surface area contributed by atoms with Gasteiger partial charge in [-0.15, -0.1) is 0 Å². The highest BCUT2D eigenvalue weighted by Crippen LogP contribution is 2.48. The highest BCUT2D eigenvalue weighted by molar-refractivity contribution is 5.96. The summed E-state index contributed by atoms with van der Waals surface area (Å²) in [6, 6.07) is -1.23. The van der Waals surface area contributed by atoms with Crippen molar-refractivity contribution < 1.29 is 14.3 Å². The van der Waals surface area contributed by atoms with Crippen molar-refractivity contribution in [1.29, 1.82) is 0 Å². The summed E-state index contributed by atoms with van der Waals surface area (Å²) in [6.07, 6.45) is 3.32. The Labute approximate surface area is 101 Å². The van der Waals surface area contributed by atoms with E-state index >= 15 is 0 Å². The molecule has 1 rings (SSSR count). The molecule has 98 valence electrons. The fourth-order valence-electron chi connectivity index (χ4n) is 1.70. The number of hydrogen-bond donors (Lipinski definition) is 3. The van der Waals surface area contributed by atoms with E-state index in [2.05, 4.69) is 10.6 Å². The van der Waals surface area contributed by atoms with E-state index in [1.54, 1.807) is 14.0 Å². The van der Waals surface area contributed by atoms with Gasteiger partial charge in [0.15, 0.2) is 0 Å². The van der Waals surface area contributed by atoms with Crippen LogP contribution in [0.1, 0.15) is 26.2 Å². The third-order valence-corrected chi connectivity index (χ3v) is 3.22. The number of primary amides is 1. The van der Waals surface area contributed by atoms with Crippen LogP contribution in [-0.2, 0) is 9.53 Å². The van der Waals surface area contributed by atoms with Gasteiger partial charge in [-0.2, -0.15) is 0 Å². The van der Waals surface area contributed by atoms with Crippen LogP contribution in [-0.4, -0.2) is 38.2 Å². The number of imide groups is 1. The fraction of sp³-hybridized carbons (Fsp3) is 0.818. The Morgan fingerprint density at radius 3 is 2.59 bits per heavy atom. The van der Waals surface area contributed by atoms with Crippen molar-refractivity contribution in [2.24, 2.45) is 11.1 Å². The van der Waals surface area contributed by atoms with Crippen LogP contribution >= 0.6 is 0 Å². The molecule has 4 N–H and O–H groups in total. The van der Waals surface area contributed by atoms with Crippen LogP contribution in [0.25, 0.3) is 0 Å². The molecule has 0 saturated heterocycles. The van der Waals surface area contributed by atoms with Gasteiger partial charge in [0, 0.05) is 20.3 Å². The Balaban J connectivity index is 2.25. The van der Waals surface area contributed by atoms with Crippen molar-refractivity contribution in [3.63, 3.8) is 0 Å². The molecular formula is C11H21N3O3. The number of carbonyl (C=O) groups excluding carboxylic acids is 2. The number of rotatable bonds is 7. The van der Waals surface area contributed by atoms with E-state index in [1.165, 1.54) is 0 Å². The molecule has 3 amide bonds. The second-order valence-corrected chi connectivity index (χ2v) is 4.70. The Morgan fingerprint density at radius 1 is 1.47 bits per heavy atom. The Hall–Kier alpha value is -1.14. The number of carbonyl (C=O) groups is 2. The minimum absolute atomic E-state index is 0.275. The number of urea groups is 1. The molecule has 1 aliphatic carbocycles. The van der Waals surface area contributed by atoms with Crippen LogP contribution in [0.5, 0.6) is 0 Å². The summed E-state index contributed by atoms with van der Waals surface area (Å²) in [4.78, 5) is 21.9. The first kappa shape index (κ1) is 13.9. The molecule has 17 heavy (non-hydrogen) atoms. The van der Waals surface area contributed by atoms with Crippen molar-refractivity contribution in [2.75, 3.05) is 20.3 Å². The van der Waals surface area contributed by atoms with Crippen molar-refractivity contribution in [2.45, 2.75) is 32.2 Å². The summed E-state index contributed by atoms with van der Waals surface area (Å²) in [5.74, 6) is -0.389. The molecule has 0 aromatic rings. The molecule has 0 aromatic carbocycles. The van der Waals surface area contributed by atoms with E-state index in [0.717, 1.165) is 32.4 Å². The highest BCUT2D eigenvalue weighted by Gasteiger charge is 2.42. The van der Waals surface area contributed by atoms with E-state index in [4.69, 9.17) is 10.5 Å². The highest BCUT2D eigenvalue weighted by atomic mass is 16.5. The Kier molecular flexibility index (Phi) is 4.89. The average Bonchev–Trinajstić information content (AvgIpc) is 3.03. The zero-order chi connectivity index (χ0) is 12.9. The third kappa shape index (κ3) is 4.70. The van der Waals surface area contributed by atoms with Crippen molar-refractivity contribution >= 4 is 11.9 Å². The first-order chi connectivity index (χ1) is 7.99.